The molecule has 1 N–H and O–H groups in total. The third-order valence-electron chi connectivity index (χ3n) is 4.36. The molecular formula is C18H19N5O6S. The number of sulfonamides is 1. The summed E-state index contributed by atoms with van der Waals surface area (Å²) in [5.74, 6) is 1.07. The van der Waals surface area contributed by atoms with Crippen LogP contribution in [0.15, 0.2) is 58.2 Å². The topological polar surface area (TPSA) is 138 Å². The van der Waals surface area contributed by atoms with Crippen molar-refractivity contribution in [3.63, 3.8) is 0 Å². The molecule has 0 aliphatic carbocycles. The van der Waals surface area contributed by atoms with Gasteiger partial charge in [-0.25, -0.2) is 22.6 Å². The van der Waals surface area contributed by atoms with E-state index in [2.05, 4.69) is 9.82 Å². The van der Waals surface area contributed by atoms with Crippen LogP contribution in [0.5, 0.6) is 5.75 Å². The zero-order valence-electron chi connectivity index (χ0n) is 16.2. The Hall–Kier alpha value is -3.51. The quantitative estimate of drug-likeness (QED) is 0.415. The Morgan fingerprint density at radius 2 is 1.83 bits per heavy atom. The van der Waals surface area contributed by atoms with Crippen molar-refractivity contribution in [3.05, 3.63) is 69.1 Å². The molecule has 11 nitrogen and oxygen atoms in total. The van der Waals surface area contributed by atoms with Crippen LogP contribution in [0.25, 0.3) is 11.4 Å². The molecule has 0 atom stereocenters. The Kier molecular flexibility index (Phi) is 5.99. The van der Waals surface area contributed by atoms with E-state index in [1.54, 1.807) is 38.4 Å². The lowest BCUT2D eigenvalue weighted by Gasteiger charge is -2.07. The van der Waals surface area contributed by atoms with Gasteiger partial charge in [0.15, 0.2) is 10.7 Å². The summed E-state index contributed by atoms with van der Waals surface area (Å²) < 4.78 is 34.7. The second-order valence-electron chi connectivity index (χ2n) is 6.24. The van der Waals surface area contributed by atoms with Crippen LogP contribution in [0.3, 0.4) is 0 Å². The number of aromatic nitrogens is 3. The summed E-state index contributed by atoms with van der Waals surface area (Å²) in [7, 11) is -1.03. The van der Waals surface area contributed by atoms with E-state index in [9.17, 15) is 23.3 Å². The molecule has 0 aliphatic rings. The lowest BCUT2D eigenvalue weighted by atomic mass is 10.2. The van der Waals surface area contributed by atoms with Crippen molar-refractivity contribution in [2.75, 3.05) is 13.7 Å². The highest BCUT2D eigenvalue weighted by molar-refractivity contribution is 7.89. The lowest BCUT2D eigenvalue weighted by Crippen LogP contribution is -2.32. The normalized spacial score (nSPS) is 11.4. The van der Waals surface area contributed by atoms with Crippen molar-refractivity contribution in [3.8, 4) is 17.1 Å². The zero-order valence-corrected chi connectivity index (χ0v) is 17.0. The second-order valence-corrected chi connectivity index (χ2v) is 7.97. The first-order valence-electron chi connectivity index (χ1n) is 8.76. The third-order valence-corrected chi connectivity index (χ3v) is 5.86. The Bertz CT molecular complexity index is 1230. The van der Waals surface area contributed by atoms with Crippen molar-refractivity contribution in [2.45, 2.75) is 11.4 Å². The number of hydrogen-bond donors (Lipinski definition) is 1. The average molecular weight is 433 g/mol. The number of benzene rings is 2. The summed E-state index contributed by atoms with van der Waals surface area (Å²) in [6.45, 7) is -0.226. The number of nitro groups is 1. The van der Waals surface area contributed by atoms with Crippen LogP contribution in [0.4, 0.5) is 5.69 Å². The smallest absolute Gasteiger partial charge is 0.345 e. The number of nitrogens with zero attached hydrogens (tertiary/aromatic N) is 4. The lowest BCUT2D eigenvalue weighted by molar-refractivity contribution is -0.387. The third kappa shape index (κ3) is 4.23. The molecule has 3 rings (SSSR count). The van der Waals surface area contributed by atoms with Crippen molar-refractivity contribution in [1.82, 2.24) is 19.1 Å². The van der Waals surface area contributed by atoms with E-state index in [0.29, 0.717) is 17.1 Å². The zero-order chi connectivity index (χ0) is 21.9. The van der Waals surface area contributed by atoms with E-state index in [1.807, 2.05) is 0 Å². The highest BCUT2D eigenvalue weighted by Gasteiger charge is 2.24. The molecular weight excluding hydrogens is 414 g/mol. The molecule has 0 saturated carbocycles. The highest BCUT2D eigenvalue weighted by atomic mass is 32.2. The summed E-state index contributed by atoms with van der Waals surface area (Å²) in [6.07, 6.45) is 0. The first-order valence-corrected chi connectivity index (χ1v) is 10.2. The van der Waals surface area contributed by atoms with Gasteiger partial charge in [0.1, 0.15) is 5.75 Å². The van der Waals surface area contributed by atoms with Crippen molar-refractivity contribution in [2.24, 2.45) is 7.05 Å². The Morgan fingerprint density at radius 1 is 1.17 bits per heavy atom. The Morgan fingerprint density at radius 3 is 2.47 bits per heavy atom. The van der Waals surface area contributed by atoms with E-state index in [4.69, 9.17) is 4.74 Å². The number of nitrogens with one attached hydrogen (secondary N) is 1. The largest absolute Gasteiger partial charge is 0.497 e. The minimum absolute atomic E-state index is 0.0529. The van der Waals surface area contributed by atoms with Crippen LogP contribution < -0.4 is 15.1 Å². The van der Waals surface area contributed by atoms with Gasteiger partial charge in [-0.05, 0) is 30.3 Å². The average Bonchev–Trinajstić information content (AvgIpc) is 3.02. The van der Waals surface area contributed by atoms with Crippen LogP contribution in [0.1, 0.15) is 0 Å². The van der Waals surface area contributed by atoms with Crippen LogP contribution in [-0.2, 0) is 23.6 Å². The fourth-order valence-corrected chi connectivity index (χ4v) is 4.02. The van der Waals surface area contributed by atoms with Crippen molar-refractivity contribution in [1.29, 1.82) is 0 Å². The molecule has 0 amide bonds. The first kappa shape index (κ1) is 21.2. The maximum Gasteiger partial charge on any atom is 0.345 e. The van der Waals surface area contributed by atoms with E-state index in [1.165, 1.54) is 16.7 Å². The van der Waals surface area contributed by atoms with E-state index < -0.39 is 31.2 Å². The number of para-hydroxylation sites is 1. The van der Waals surface area contributed by atoms with Gasteiger partial charge in [0.05, 0.1) is 18.6 Å². The van der Waals surface area contributed by atoms with Gasteiger partial charge in [0, 0.05) is 25.2 Å². The first-order chi connectivity index (χ1) is 14.2. The number of methoxy groups -OCH3 is 1. The fourth-order valence-electron chi connectivity index (χ4n) is 2.82. The van der Waals surface area contributed by atoms with Gasteiger partial charge in [0.25, 0.3) is 5.69 Å². The van der Waals surface area contributed by atoms with Gasteiger partial charge in [-0.2, -0.15) is 0 Å². The molecule has 1 aromatic heterocycles. The van der Waals surface area contributed by atoms with Gasteiger partial charge in [-0.15, -0.1) is 5.10 Å². The van der Waals surface area contributed by atoms with Gasteiger partial charge in [-0.1, -0.05) is 12.1 Å². The maximum atomic E-state index is 12.4. The molecule has 1 heterocycles. The van der Waals surface area contributed by atoms with E-state index in [0.717, 1.165) is 16.8 Å². The van der Waals surface area contributed by atoms with Gasteiger partial charge >= 0.3 is 5.69 Å². The molecule has 0 unspecified atom stereocenters. The number of hydrogen-bond acceptors (Lipinski definition) is 7. The van der Waals surface area contributed by atoms with Crippen LogP contribution in [-0.4, -0.2) is 41.3 Å². The molecule has 0 spiro atoms. The Balaban J connectivity index is 1.77. The monoisotopic (exact) mass is 433 g/mol. The number of ether oxygens (including phenoxy) is 1. The number of rotatable bonds is 8. The molecule has 30 heavy (non-hydrogen) atoms. The second kappa shape index (κ2) is 8.47. The van der Waals surface area contributed by atoms with E-state index in [-0.39, 0.29) is 13.1 Å². The van der Waals surface area contributed by atoms with Gasteiger partial charge in [-0.3, -0.25) is 14.7 Å². The highest BCUT2D eigenvalue weighted by Crippen LogP contribution is 2.22. The maximum absolute atomic E-state index is 12.4. The minimum Gasteiger partial charge on any atom is -0.497 e. The minimum atomic E-state index is -4.14. The molecule has 0 bridgehead atoms. The number of nitro benzene ring substituents is 1. The summed E-state index contributed by atoms with van der Waals surface area (Å²) >= 11 is 0. The molecule has 2 aromatic carbocycles. The van der Waals surface area contributed by atoms with Gasteiger partial charge in [0.2, 0.25) is 10.0 Å². The van der Waals surface area contributed by atoms with Gasteiger partial charge < -0.3 is 4.74 Å². The molecule has 12 heteroatoms. The fraction of sp³-hybridized carbons (Fsp3) is 0.222. The van der Waals surface area contributed by atoms with Crippen molar-refractivity contribution >= 4 is 15.7 Å². The SMILES string of the molecule is COc1ccc(-c2nn(CCNS(=O)(=O)c3ccccc3[N+](=O)[O-])c(=O)n2C)cc1. The summed E-state index contributed by atoms with van der Waals surface area (Å²) in [5, 5.41) is 15.3. The Labute approximate surface area is 171 Å². The molecule has 0 fully saturated rings. The van der Waals surface area contributed by atoms with E-state index >= 15 is 0 Å². The standard InChI is InChI=1S/C18H19N5O6S/c1-21-17(13-7-9-14(29-2)10-8-13)20-22(18(21)24)12-11-19-30(27,28)16-6-4-3-5-15(16)23(25)26/h3-10,19H,11-12H2,1-2H3. The predicted molar refractivity (Wildman–Crippen MR) is 108 cm³/mol. The molecule has 158 valence electrons. The molecule has 0 aliphatic heterocycles. The molecule has 3 aromatic rings. The van der Waals surface area contributed by atoms with Crippen LogP contribution in [0.2, 0.25) is 0 Å². The van der Waals surface area contributed by atoms with Crippen LogP contribution in [0, 0.1) is 10.1 Å². The molecule has 0 radical (unpaired) electrons. The van der Waals surface area contributed by atoms with Crippen molar-refractivity contribution < 1.29 is 18.1 Å². The predicted octanol–water partition coefficient (Wildman–Crippen LogP) is 1.14. The summed E-state index contributed by atoms with van der Waals surface area (Å²) in [4.78, 5) is 22.3. The molecule has 0 saturated heterocycles. The van der Waals surface area contributed by atoms with Crippen LogP contribution >= 0.6 is 0 Å². The summed E-state index contributed by atoms with van der Waals surface area (Å²) in [6, 6.07) is 12.0. The summed E-state index contributed by atoms with van der Waals surface area (Å²) in [5.41, 5.74) is -0.262.